The summed E-state index contributed by atoms with van der Waals surface area (Å²) >= 11 is 0. The molecule has 9 heteroatoms. The largest absolute Gasteiger partial charge is 0.347 e. The Kier molecular flexibility index (Phi) is 6.01. The van der Waals surface area contributed by atoms with E-state index in [1.165, 1.54) is 17.9 Å². The Hall–Kier alpha value is -3.23. The van der Waals surface area contributed by atoms with E-state index in [0.717, 1.165) is 12.8 Å². The van der Waals surface area contributed by atoms with Gasteiger partial charge in [0.25, 0.3) is 0 Å². The molecule has 2 fully saturated rings. The number of nitrogens with zero attached hydrogens (tertiary/aromatic N) is 2. The molecule has 164 valence electrons. The molecule has 8 nitrogen and oxygen atoms in total. The minimum atomic E-state index is -0.637. The second-order valence-corrected chi connectivity index (χ2v) is 8.16. The average molecular weight is 427 g/mol. The Labute approximate surface area is 179 Å². The van der Waals surface area contributed by atoms with Crippen molar-refractivity contribution in [1.29, 1.82) is 0 Å². The van der Waals surface area contributed by atoms with Gasteiger partial charge in [-0.25, -0.2) is 4.39 Å². The summed E-state index contributed by atoms with van der Waals surface area (Å²) in [5, 5.41) is 12.3. The van der Waals surface area contributed by atoms with Crippen molar-refractivity contribution in [3.63, 3.8) is 0 Å². The third-order valence-electron chi connectivity index (χ3n) is 5.86. The summed E-state index contributed by atoms with van der Waals surface area (Å²) in [5.74, 6) is -0.905. The number of H-pyrrole nitrogens is 1. The minimum Gasteiger partial charge on any atom is -0.347 e. The van der Waals surface area contributed by atoms with Gasteiger partial charge in [-0.3, -0.25) is 19.5 Å². The Bertz CT molecular complexity index is 974. The van der Waals surface area contributed by atoms with Gasteiger partial charge in [-0.1, -0.05) is 12.1 Å². The van der Waals surface area contributed by atoms with E-state index in [4.69, 9.17) is 0 Å². The van der Waals surface area contributed by atoms with E-state index in [1.807, 2.05) is 6.07 Å². The van der Waals surface area contributed by atoms with E-state index >= 15 is 0 Å². The number of nitrogens with one attached hydrogen (secondary N) is 3. The minimum absolute atomic E-state index is 0.142. The fourth-order valence-corrected chi connectivity index (χ4v) is 4.09. The van der Waals surface area contributed by atoms with Gasteiger partial charge in [-0.2, -0.15) is 5.10 Å². The number of hydrogen-bond donors (Lipinski definition) is 3. The second-order valence-electron chi connectivity index (χ2n) is 8.16. The van der Waals surface area contributed by atoms with Gasteiger partial charge in [-0.15, -0.1) is 0 Å². The number of benzene rings is 1. The number of carbonyl (C=O) groups is 3. The van der Waals surface area contributed by atoms with E-state index in [1.54, 1.807) is 18.3 Å². The number of carbonyl (C=O) groups excluding carboxylic acids is 3. The van der Waals surface area contributed by atoms with E-state index in [-0.39, 0.29) is 36.0 Å². The quantitative estimate of drug-likeness (QED) is 0.626. The maximum atomic E-state index is 14.7. The maximum Gasteiger partial charge on any atom is 0.243 e. The molecule has 2 aromatic rings. The molecule has 1 aliphatic heterocycles. The van der Waals surface area contributed by atoms with Crippen molar-refractivity contribution in [3.05, 3.63) is 53.1 Å². The molecule has 1 aromatic heterocycles. The van der Waals surface area contributed by atoms with E-state index in [2.05, 4.69) is 20.8 Å². The molecule has 1 aliphatic carbocycles. The number of aromatic amines is 1. The smallest absolute Gasteiger partial charge is 0.243 e. The van der Waals surface area contributed by atoms with Crippen molar-refractivity contribution >= 4 is 17.7 Å². The molecular formula is C22H26FN5O3. The van der Waals surface area contributed by atoms with Crippen molar-refractivity contribution in [2.45, 2.75) is 50.6 Å². The highest BCUT2D eigenvalue weighted by Gasteiger charge is 2.35. The van der Waals surface area contributed by atoms with Crippen LogP contribution in [0.3, 0.4) is 0 Å². The first-order valence-electron chi connectivity index (χ1n) is 10.6. The van der Waals surface area contributed by atoms with Gasteiger partial charge in [0.15, 0.2) is 0 Å². The Morgan fingerprint density at radius 3 is 2.71 bits per heavy atom. The van der Waals surface area contributed by atoms with E-state index in [0.29, 0.717) is 36.2 Å². The molecule has 4 rings (SSSR count). The lowest BCUT2D eigenvalue weighted by atomic mass is 9.99. The van der Waals surface area contributed by atoms with Gasteiger partial charge in [0, 0.05) is 19.7 Å². The lowest BCUT2D eigenvalue weighted by Gasteiger charge is -2.26. The summed E-state index contributed by atoms with van der Waals surface area (Å²) in [4.78, 5) is 38.2. The highest BCUT2D eigenvalue weighted by atomic mass is 19.1. The second kappa shape index (κ2) is 8.87. The number of amides is 3. The highest BCUT2D eigenvalue weighted by Crippen LogP contribution is 2.41. The SMILES string of the molecule is CC(=O)NCC(=O)N1CCC[C@H]1C(=O)NC(c1ccc(C2CC2)c(F)c1)c1ccn[nH]1. The van der Waals surface area contributed by atoms with Crippen LogP contribution in [0.2, 0.25) is 0 Å². The third-order valence-corrected chi connectivity index (χ3v) is 5.86. The first kappa shape index (κ1) is 21.0. The number of rotatable bonds is 7. The molecular weight excluding hydrogens is 401 g/mol. The van der Waals surface area contributed by atoms with E-state index in [9.17, 15) is 18.8 Å². The Morgan fingerprint density at radius 1 is 1.26 bits per heavy atom. The first-order chi connectivity index (χ1) is 14.9. The molecule has 0 radical (unpaired) electrons. The van der Waals surface area contributed by atoms with Crippen LogP contribution in [-0.4, -0.2) is 52.0 Å². The van der Waals surface area contributed by atoms with Crippen LogP contribution in [-0.2, 0) is 14.4 Å². The summed E-state index contributed by atoms with van der Waals surface area (Å²) < 4.78 is 14.7. The molecule has 1 aromatic carbocycles. The van der Waals surface area contributed by atoms with Gasteiger partial charge in [0.2, 0.25) is 17.7 Å². The molecule has 1 unspecified atom stereocenters. The highest BCUT2D eigenvalue weighted by molar-refractivity contribution is 5.90. The molecule has 2 heterocycles. The summed E-state index contributed by atoms with van der Waals surface area (Å²) in [6, 6.07) is 5.56. The molecule has 2 atom stereocenters. The molecule has 1 saturated heterocycles. The predicted molar refractivity (Wildman–Crippen MR) is 110 cm³/mol. The fourth-order valence-electron chi connectivity index (χ4n) is 4.09. The lowest BCUT2D eigenvalue weighted by molar-refractivity contribution is -0.138. The molecule has 0 spiro atoms. The van der Waals surface area contributed by atoms with Gasteiger partial charge < -0.3 is 15.5 Å². The van der Waals surface area contributed by atoms with Crippen LogP contribution in [0.15, 0.2) is 30.5 Å². The normalized spacial score (nSPS) is 19.2. The van der Waals surface area contributed by atoms with Crippen molar-refractivity contribution < 1.29 is 18.8 Å². The van der Waals surface area contributed by atoms with Crippen LogP contribution in [0.5, 0.6) is 0 Å². The molecule has 31 heavy (non-hydrogen) atoms. The summed E-state index contributed by atoms with van der Waals surface area (Å²) in [6.45, 7) is 1.65. The number of halogens is 1. The fraction of sp³-hybridized carbons (Fsp3) is 0.455. The predicted octanol–water partition coefficient (Wildman–Crippen LogP) is 1.76. The number of likely N-dealkylation sites (tertiary alicyclic amines) is 1. The average Bonchev–Trinajstić information content (AvgIpc) is 3.23. The van der Waals surface area contributed by atoms with Gasteiger partial charge in [0.05, 0.1) is 18.3 Å². The van der Waals surface area contributed by atoms with Gasteiger partial charge >= 0.3 is 0 Å². The van der Waals surface area contributed by atoms with Crippen molar-refractivity contribution in [1.82, 2.24) is 25.7 Å². The molecule has 2 aliphatic rings. The molecule has 3 N–H and O–H groups in total. The summed E-state index contributed by atoms with van der Waals surface area (Å²) in [7, 11) is 0. The number of aromatic nitrogens is 2. The number of hydrogen-bond acceptors (Lipinski definition) is 4. The molecule has 1 saturated carbocycles. The van der Waals surface area contributed by atoms with E-state index < -0.39 is 12.1 Å². The first-order valence-corrected chi connectivity index (χ1v) is 10.6. The van der Waals surface area contributed by atoms with Gasteiger partial charge in [-0.05, 0) is 54.9 Å². The molecule has 3 amide bonds. The van der Waals surface area contributed by atoms with Crippen molar-refractivity contribution in [2.24, 2.45) is 0 Å². The zero-order chi connectivity index (χ0) is 22.0. The maximum absolute atomic E-state index is 14.7. The zero-order valence-corrected chi connectivity index (χ0v) is 17.4. The zero-order valence-electron chi connectivity index (χ0n) is 17.4. The molecule has 0 bridgehead atoms. The van der Waals surface area contributed by atoms with Crippen LogP contribution >= 0.6 is 0 Å². The van der Waals surface area contributed by atoms with Crippen LogP contribution in [0.25, 0.3) is 0 Å². The summed E-state index contributed by atoms with van der Waals surface area (Å²) in [6.07, 6.45) is 4.80. The van der Waals surface area contributed by atoms with Crippen molar-refractivity contribution in [3.8, 4) is 0 Å². The monoisotopic (exact) mass is 427 g/mol. The summed E-state index contributed by atoms with van der Waals surface area (Å²) in [5.41, 5.74) is 1.94. The van der Waals surface area contributed by atoms with Crippen LogP contribution in [0.1, 0.15) is 61.4 Å². The Balaban J connectivity index is 1.52. The Morgan fingerprint density at radius 2 is 2.06 bits per heavy atom. The van der Waals surface area contributed by atoms with Crippen molar-refractivity contribution in [2.75, 3.05) is 13.1 Å². The third kappa shape index (κ3) is 4.76. The van der Waals surface area contributed by atoms with Crippen LogP contribution < -0.4 is 10.6 Å². The lowest BCUT2D eigenvalue weighted by Crippen LogP contribution is -2.49. The van der Waals surface area contributed by atoms with Crippen LogP contribution in [0.4, 0.5) is 4.39 Å². The standard InChI is InChI=1S/C22H26FN5O3/c1-13(29)24-12-20(30)28-10-2-3-19(28)22(31)26-21(18-8-9-25-27-18)15-6-7-16(14-4-5-14)17(23)11-15/h6-9,11,14,19,21H,2-5,10,12H2,1H3,(H,24,29)(H,25,27)(H,26,31)/t19-,21?/m0/s1. The van der Waals surface area contributed by atoms with Crippen LogP contribution in [0, 0.1) is 5.82 Å². The topological polar surface area (TPSA) is 107 Å². The van der Waals surface area contributed by atoms with Gasteiger partial charge in [0.1, 0.15) is 11.9 Å².